The van der Waals surface area contributed by atoms with E-state index in [1.165, 1.54) is 12.4 Å². The van der Waals surface area contributed by atoms with Crippen LogP contribution in [0.1, 0.15) is 12.5 Å². The van der Waals surface area contributed by atoms with Crippen molar-refractivity contribution in [2.24, 2.45) is 0 Å². The van der Waals surface area contributed by atoms with Gasteiger partial charge in [0.05, 0.1) is 6.20 Å². The molecule has 1 saturated heterocycles. The number of piperazine rings is 1. The molecule has 1 aromatic heterocycles. The molecule has 0 radical (unpaired) electrons. The van der Waals surface area contributed by atoms with Crippen molar-refractivity contribution in [3.05, 3.63) is 18.0 Å². The lowest BCUT2D eigenvalue weighted by Crippen LogP contribution is -2.48. The standard InChI is InChI=1S/C11H17F3N4/c1-9-5-17(3-2-15-9)6-10-4-16-18(7-10)8-11(12,13)14/h4,7,9,15H,2-3,5-6,8H2,1H3/t9-/m1/s1. The molecule has 7 heteroatoms. The molecule has 1 atom stereocenters. The van der Waals surface area contributed by atoms with E-state index < -0.39 is 12.7 Å². The van der Waals surface area contributed by atoms with E-state index >= 15 is 0 Å². The normalized spacial score (nSPS) is 22.3. The van der Waals surface area contributed by atoms with Crippen molar-refractivity contribution in [1.82, 2.24) is 20.0 Å². The topological polar surface area (TPSA) is 33.1 Å². The van der Waals surface area contributed by atoms with Gasteiger partial charge in [-0.25, -0.2) is 0 Å². The second kappa shape index (κ2) is 5.27. The number of hydrogen-bond acceptors (Lipinski definition) is 3. The zero-order chi connectivity index (χ0) is 13.2. The van der Waals surface area contributed by atoms with Crippen molar-refractivity contribution in [3.63, 3.8) is 0 Å². The van der Waals surface area contributed by atoms with Crippen LogP contribution in [-0.4, -0.2) is 46.5 Å². The third kappa shape index (κ3) is 3.99. The molecular formula is C11H17F3N4. The third-order valence-electron chi connectivity index (χ3n) is 2.89. The van der Waals surface area contributed by atoms with Crippen LogP contribution in [0.3, 0.4) is 0 Å². The second-order valence-corrected chi connectivity index (χ2v) is 4.75. The molecule has 0 spiro atoms. The van der Waals surface area contributed by atoms with Gasteiger partial charge < -0.3 is 5.32 Å². The molecular weight excluding hydrogens is 245 g/mol. The van der Waals surface area contributed by atoms with Gasteiger partial charge in [-0.15, -0.1) is 0 Å². The van der Waals surface area contributed by atoms with E-state index in [0.717, 1.165) is 29.9 Å². The second-order valence-electron chi connectivity index (χ2n) is 4.75. The Morgan fingerprint density at radius 1 is 1.50 bits per heavy atom. The molecule has 0 unspecified atom stereocenters. The lowest BCUT2D eigenvalue weighted by atomic mass is 10.2. The molecule has 4 nitrogen and oxygen atoms in total. The van der Waals surface area contributed by atoms with Crippen LogP contribution in [0.5, 0.6) is 0 Å². The van der Waals surface area contributed by atoms with Gasteiger partial charge in [0, 0.05) is 44.0 Å². The first kappa shape index (κ1) is 13.4. The van der Waals surface area contributed by atoms with E-state index in [1.54, 1.807) is 0 Å². The summed E-state index contributed by atoms with van der Waals surface area (Å²) < 4.78 is 37.5. The Labute approximate surface area is 104 Å². The SMILES string of the molecule is C[C@@H]1CN(Cc2cnn(CC(F)(F)F)c2)CCN1. The molecule has 1 fully saturated rings. The highest BCUT2D eigenvalue weighted by atomic mass is 19.4. The van der Waals surface area contributed by atoms with Crippen LogP contribution in [0, 0.1) is 0 Å². The zero-order valence-corrected chi connectivity index (χ0v) is 10.2. The van der Waals surface area contributed by atoms with E-state index in [-0.39, 0.29) is 0 Å². The molecule has 1 aromatic rings. The minimum Gasteiger partial charge on any atom is -0.312 e. The Hall–Kier alpha value is -1.08. The lowest BCUT2D eigenvalue weighted by Gasteiger charge is -2.31. The fourth-order valence-electron chi connectivity index (χ4n) is 2.17. The maximum absolute atomic E-state index is 12.2. The van der Waals surface area contributed by atoms with Gasteiger partial charge in [0.2, 0.25) is 0 Å². The van der Waals surface area contributed by atoms with Gasteiger partial charge >= 0.3 is 6.18 Å². The Bertz CT molecular complexity index is 388. The average Bonchev–Trinajstić information content (AvgIpc) is 2.62. The molecule has 2 rings (SSSR count). The maximum atomic E-state index is 12.2. The van der Waals surface area contributed by atoms with Gasteiger partial charge in [0.15, 0.2) is 0 Å². The van der Waals surface area contributed by atoms with Crippen LogP contribution < -0.4 is 5.32 Å². The molecule has 0 amide bonds. The van der Waals surface area contributed by atoms with Crippen LogP contribution in [0.25, 0.3) is 0 Å². The molecule has 1 aliphatic rings. The van der Waals surface area contributed by atoms with Crippen molar-refractivity contribution < 1.29 is 13.2 Å². The molecule has 0 bridgehead atoms. The van der Waals surface area contributed by atoms with Crippen molar-refractivity contribution in [1.29, 1.82) is 0 Å². The van der Waals surface area contributed by atoms with Crippen LogP contribution in [-0.2, 0) is 13.1 Å². The van der Waals surface area contributed by atoms with Crippen molar-refractivity contribution >= 4 is 0 Å². The number of aromatic nitrogens is 2. The lowest BCUT2D eigenvalue weighted by molar-refractivity contribution is -0.142. The molecule has 0 aliphatic carbocycles. The van der Waals surface area contributed by atoms with Gasteiger partial charge in [-0.2, -0.15) is 18.3 Å². The zero-order valence-electron chi connectivity index (χ0n) is 10.2. The van der Waals surface area contributed by atoms with Crippen LogP contribution >= 0.6 is 0 Å². The molecule has 2 heterocycles. The number of halogens is 3. The van der Waals surface area contributed by atoms with E-state index in [2.05, 4.69) is 22.2 Å². The van der Waals surface area contributed by atoms with Crippen molar-refractivity contribution in [2.45, 2.75) is 32.2 Å². The molecule has 18 heavy (non-hydrogen) atoms. The summed E-state index contributed by atoms with van der Waals surface area (Å²) in [4.78, 5) is 2.22. The predicted octanol–water partition coefficient (Wildman–Crippen LogP) is 1.24. The van der Waals surface area contributed by atoms with Crippen LogP contribution in [0.15, 0.2) is 12.4 Å². The summed E-state index contributed by atoms with van der Waals surface area (Å²) >= 11 is 0. The minimum atomic E-state index is -4.22. The van der Waals surface area contributed by atoms with Crippen LogP contribution in [0.2, 0.25) is 0 Å². The number of hydrogen-bond donors (Lipinski definition) is 1. The van der Waals surface area contributed by atoms with Gasteiger partial charge in [-0.3, -0.25) is 9.58 Å². The summed E-state index contributed by atoms with van der Waals surface area (Å²) in [5.74, 6) is 0. The monoisotopic (exact) mass is 262 g/mol. The van der Waals surface area contributed by atoms with Gasteiger partial charge in [-0.05, 0) is 6.92 Å². The summed E-state index contributed by atoms with van der Waals surface area (Å²) in [5.41, 5.74) is 0.827. The first-order valence-corrected chi connectivity index (χ1v) is 5.96. The Balaban J connectivity index is 1.90. The summed E-state index contributed by atoms with van der Waals surface area (Å²) in [6.07, 6.45) is -1.23. The van der Waals surface area contributed by atoms with E-state index in [4.69, 9.17) is 0 Å². The first-order valence-electron chi connectivity index (χ1n) is 5.96. The number of rotatable bonds is 3. The predicted molar refractivity (Wildman–Crippen MR) is 61.0 cm³/mol. The summed E-state index contributed by atoms with van der Waals surface area (Å²) in [6, 6.07) is 0.420. The minimum absolute atomic E-state index is 0.420. The Kier molecular flexibility index (Phi) is 3.91. The average molecular weight is 262 g/mol. The third-order valence-corrected chi connectivity index (χ3v) is 2.89. The number of nitrogens with one attached hydrogen (secondary N) is 1. The number of nitrogens with zero attached hydrogens (tertiary/aromatic N) is 3. The van der Waals surface area contributed by atoms with E-state index in [0.29, 0.717) is 12.6 Å². The van der Waals surface area contributed by atoms with E-state index in [1.807, 2.05) is 0 Å². The molecule has 1 aliphatic heterocycles. The molecule has 102 valence electrons. The highest BCUT2D eigenvalue weighted by Gasteiger charge is 2.28. The summed E-state index contributed by atoms with van der Waals surface area (Å²) in [7, 11) is 0. The Morgan fingerprint density at radius 2 is 2.28 bits per heavy atom. The highest BCUT2D eigenvalue weighted by Crippen LogP contribution is 2.17. The summed E-state index contributed by atoms with van der Waals surface area (Å²) in [6.45, 7) is 4.46. The van der Waals surface area contributed by atoms with Gasteiger partial charge in [-0.1, -0.05) is 0 Å². The smallest absolute Gasteiger partial charge is 0.312 e. The summed E-state index contributed by atoms with van der Waals surface area (Å²) in [5, 5.41) is 7.06. The molecule has 0 saturated carbocycles. The van der Waals surface area contributed by atoms with Crippen molar-refractivity contribution in [3.8, 4) is 0 Å². The molecule has 1 N–H and O–H groups in total. The first-order chi connectivity index (χ1) is 8.42. The largest absolute Gasteiger partial charge is 0.408 e. The van der Waals surface area contributed by atoms with E-state index in [9.17, 15) is 13.2 Å². The fraction of sp³-hybridized carbons (Fsp3) is 0.727. The van der Waals surface area contributed by atoms with Gasteiger partial charge in [0.25, 0.3) is 0 Å². The van der Waals surface area contributed by atoms with Crippen LogP contribution in [0.4, 0.5) is 13.2 Å². The number of alkyl halides is 3. The van der Waals surface area contributed by atoms with Gasteiger partial charge in [0.1, 0.15) is 6.54 Å². The molecule has 0 aromatic carbocycles. The maximum Gasteiger partial charge on any atom is 0.408 e. The fourth-order valence-corrected chi connectivity index (χ4v) is 2.17. The quantitative estimate of drug-likeness (QED) is 0.889. The van der Waals surface area contributed by atoms with Crippen molar-refractivity contribution in [2.75, 3.05) is 19.6 Å². The highest BCUT2D eigenvalue weighted by molar-refractivity contribution is 5.04. The Morgan fingerprint density at radius 3 is 2.94 bits per heavy atom.